The molecule has 3 aromatic rings. The Morgan fingerprint density at radius 1 is 1.20 bits per heavy atom. The molecule has 0 bridgehead atoms. The number of alkyl halides is 1. The number of para-hydroxylation sites is 1. The summed E-state index contributed by atoms with van der Waals surface area (Å²) >= 11 is 3.47. The zero-order valence-electron chi connectivity index (χ0n) is 7.76. The summed E-state index contributed by atoms with van der Waals surface area (Å²) in [5.74, 6) is 0. The lowest BCUT2D eigenvalue weighted by Crippen LogP contribution is -1.94. The van der Waals surface area contributed by atoms with E-state index in [0.29, 0.717) is 0 Å². The Morgan fingerprint density at radius 3 is 3.00 bits per heavy atom. The van der Waals surface area contributed by atoms with Gasteiger partial charge in [0.25, 0.3) is 0 Å². The first-order chi connectivity index (χ1) is 7.40. The fraction of sp³-hybridized carbons (Fsp3) is 0.100. The van der Waals surface area contributed by atoms with Gasteiger partial charge in [0.05, 0.1) is 5.52 Å². The van der Waals surface area contributed by atoms with Crippen LogP contribution in [0.25, 0.3) is 16.6 Å². The smallest absolute Gasteiger partial charge is 0.179 e. The lowest BCUT2D eigenvalue weighted by Gasteiger charge is -2.03. The lowest BCUT2D eigenvalue weighted by molar-refractivity contribution is 0.840. The van der Waals surface area contributed by atoms with Gasteiger partial charge in [-0.1, -0.05) is 34.1 Å². The van der Waals surface area contributed by atoms with Crippen LogP contribution in [0.5, 0.6) is 0 Å². The van der Waals surface area contributed by atoms with Crippen molar-refractivity contribution in [3.63, 3.8) is 0 Å². The summed E-state index contributed by atoms with van der Waals surface area (Å²) < 4.78 is 1.77. The number of tetrazole rings is 1. The Balaban J connectivity index is 2.58. The summed E-state index contributed by atoms with van der Waals surface area (Å²) in [6.45, 7) is 0. The predicted molar refractivity (Wildman–Crippen MR) is 60.9 cm³/mol. The van der Waals surface area contributed by atoms with Crippen molar-refractivity contribution < 1.29 is 0 Å². The van der Waals surface area contributed by atoms with E-state index >= 15 is 0 Å². The van der Waals surface area contributed by atoms with Crippen LogP contribution in [0.3, 0.4) is 0 Å². The van der Waals surface area contributed by atoms with E-state index in [1.54, 1.807) is 4.52 Å². The molecule has 0 N–H and O–H groups in total. The fourth-order valence-corrected chi connectivity index (χ4v) is 2.19. The van der Waals surface area contributed by atoms with Crippen molar-refractivity contribution in [2.75, 3.05) is 0 Å². The van der Waals surface area contributed by atoms with Crippen molar-refractivity contribution in [2.45, 2.75) is 5.33 Å². The Hall–Kier alpha value is -1.49. The average Bonchev–Trinajstić information content (AvgIpc) is 2.76. The molecular weight excluding hydrogens is 256 g/mol. The molecule has 15 heavy (non-hydrogen) atoms. The Kier molecular flexibility index (Phi) is 1.92. The fourth-order valence-electron chi connectivity index (χ4n) is 1.73. The van der Waals surface area contributed by atoms with Crippen molar-refractivity contribution in [2.24, 2.45) is 0 Å². The van der Waals surface area contributed by atoms with Gasteiger partial charge in [-0.25, -0.2) is 0 Å². The minimum atomic E-state index is 0.774. The number of pyridine rings is 1. The second kappa shape index (κ2) is 3.27. The standard InChI is InChI=1S/C10H7BrN4/c11-6-8-3-1-2-7-4-5-9-12-13-14-15(9)10(7)8/h1-5H,6H2. The van der Waals surface area contributed by atoms with E-state index in [9.17, 15) is 0 Å². The molecule has 5 heteroatoms. The zero-order chi connectivity index (χ0) is 10.3. The molecule has 0 fully saturated rings. The maximum Gasteiger partial charge on any atom is 0.179 e. The van der Waals surface area contributed by atoms with Crippen LogP contribution in [0.1, 0.15) is 5.56 Å². The number of aromatic nitrogens is 4. The van der Waals surface area contributed by atoms with Gasteiger partial charge in [0, 0.05) is 10.7 Å². The van der Waals surface area contributed by atoms with Gasteiger partial charge < -0.3 is 0 Å². The summed E-state index contributed by atoms with van der Waals surface area (Å²) in [6, 6.07) is 10.1. The van der Waals surface area contributed by atoms with Crippen molar-refractivity contribution >= 4 is 32.5 Å². The second-order valence-electron chi connectivity index (χ2n) is 3.27. The molecule has 4 nitrogen and oxygen atoms in total. The van der Waals surface area contributed by atoms with E-state index < -0.39 is 0 Å². The number of rotatable bonds is 1. The largest absolute Gasteiger partial charge is 0.193 e. The monoisotopic (exact) mass is 262 g/mol. The molecule has 0 aliphatic rings. The van der Waals surface area contributed by atoms with Crippen LogP contribution < -0.4 is 0 Å². The third-order valence-corrected chi connectivity index (χ3v) is 3.02. The number of benzene rings is 1. The highest BCUT2D eigenvalue weighted by Crippen LogP contribution is 2.20. The van der Waals surface area contributed by atoms with E-state index in [1.165, 1.54) is 5.56 Å². The van der Waals surface area contributed by atoms with Crippen LogP contribution >= 0.6 is 15.9 Å². The average molecular weight is 263 g/mol. The number of hydrogen-bond donors (Lipinski definition) is 0. The van der Waals surface area contributed by atoms with Crippen molar-refractivity contribution in [3.8, 4) is 0 Å². The van der Waals surface area contributed by atoms with Gasteiger partial charge in [-0.05, 0) is 28.1 Å². The van der Waals surface area contributed by atoms with Gasteiger partial charge in [0.1, 0.15) is 0 Å². The first kappa shape index (κ1) is 8.79. The van der Waals surface area contributed by atoms with Crippen molar-refractivity contribution in [3.05, 3.63) is 35.9 Å². The van der Waals surface area contributed by atoms with Crippen LogP contribution in [0.4, 0.5) is 0 Å². The third-order valence-electron chi connectivity index (χ3n) is 2.41. The van der Waals surface area contributed by atoms with Gasteiger partial charge in [0.15, 0.2) is 5.65 Å². The molecule has 0 radical (unpaired) electrons. The van der Waals surface area contributed by atoms with E-state index in [4.69, 9.17) is 0 Å². The van der Waals surface area contributed by atoms with Gasteiger partial charge >= 0.3 is 0 Å². The van der Waals surface area contributed by atoms with Crippen LogP contribution in [-0.2, 0) is 5.33 Å². The van der Waals surface area contributed by atoms with E-state index in [1.807, 2.05) is 18.2 Å². The molecule has 3 rings (SSSR count). The molecular formula is C10H7BrN4. The molecule has 0 unspecified atom stereocenters. The topological polar surface area (TPSA) is 43.1 Å². The first-order valence-corrected chi connectivity index (χ1v) is 5.67. The Morgan fingerprint density at radius 2 is 2.13 bits per heavy atom. The molecule has 0 amide bonds. The van der Waals surface area contributed by atoms with Gasteiger partial charge in [-0.2, -0.15) is 4.52 Å². The molecule has 0 aliphatic heterocycles. The van der Waals surface area contributed by atoms with Crippen LogP contribution in [0.15, 0.2) is 30.3 Å². The summed E-state index contributed by atoms with van der Waals surface area (Å²) in [5.41, 5.74) is 3.03. The molecule has 0 saturated carbocycles. The predicted octanol–water partition coefficient (Wildman–Crippen LogP) is 2.17. The van der Waals surface area contributed by atoms with Gasteiger partial charge in [-0.15, -0.1) is 5.10 Å². The molecule has 2 heterocycles. The van der Waals surface area contributed by atoms with E-state index in [2.05, 4.69) is 43.6 Å². The van der Waals surface area contributed by atoms with Crippen LogP contribution in [0, 0.1) is 0 Å². The number of hydrogen-bond acceptors (Lipinski definition) is 3. The normalized spacial score (nSPS) is 11.3. The SMILES string of the molecule is BrCc1cccc2ccc3nnnn3c12. The second-order valence-corrected chi connectivity index (χ2v) is 3.83. The quantitative estimate of drug-likeness (QED) is 0.632. The summed E-state index contributed by atoms with van der Waals surface area (Å²) in [7, 11) is 0. The molecule has 2 aromatic heterocycles. The van der Waals surface area contributed by atoms with Gasteiger partial charge in [-0.3, -0.25) is 0 Å². The highest BCUT2D eigenvalue weighted by Gasteiger charge is 2.06. The molecule has 0 saturated heterocycles. The number of halogens is 1. The van der Waals surface area contributed by atoms with Gasteiger partial charge in [0.2, 0.25) is 0 Å². The Labute approximate surface area is 94.0 Å². The molecule has 1 aromatic carbocycles. The molecule has 74 valence electrons. The van der Waals surface area contributed by atoms with Crippen molar-refractivity contribution in [1.29, 1.82) is 0 Å². The highest BCUT2D eigenvalue weighted by molar-refractivity contribution is 9.08. The van der Waals surface area contributed by atoms with E-state index in [-0.39, 0.29) is 0 Å². The molecule has 0 spiro atoms. The first-order valence-electron chi connectivity index (χ1n) is 4.55. The summed E-state index contributed by atoms with van der Waals surface area (Å²) in [6.07, 6.45) is 0. The number of fused-ring (bicyclic) bond motifs is 3. The maximum atomic E-state index is 3.99. The minimum absolute atomic E-state index is 0.774. The summed E-state index contributed by atoms with van der Waals surface area (Å²) in [4.78, 5) is 0. The lowest BCUT2D eigenvalue weighted by atomic mass is 10.1. The highest BCUT2D eigenvalue weighted by atomic mass is 79.9. The van der Waals surface area contributed by atoms with E-state index in [0.717, 1.165) is 21.9 Å². The Bertz CT molecular complexity index is 631. The third kappa shape index (κ3) is 1.23. The van der Waals surface area contributed by atoms with Crippen LogP contribution in [0.2, 0.25) is 0 Å². The molecule has 0 atom stereocenters. The maximum absolute atomic E-state index is 3.99. The van der Waals surface area contributed by atoms with Crippen LogP contribution in [-0.4, -0.2) is 20.0 Å². The summed E-state index contributed by atoms with van der Waals surface area (Å²) in [5, 5.41) is 13.5. The zero-order valence-corrected chi connectivity index (χ0v) is 9.35. The molecule has 0 aliphatic carbocycles. The number of nitrogens with zero attached hydrogens (tertiary/aromatic N) is 4. The minimum Gasteiger partial charge on any atom is -0.193 e. The van der Waals surface area contributed by atoms with Crippen molar-refractivity contribution in [1.82, 2.24) is 20.0 Å².